The molecule has 0 saturated carbocycles. The smallest absolute Gasteiger partial charge is 0.240 e. The first kappa shape index (κ1) is 21.9. The maximum absolute atomic E-state index is 12.6. The van der Waals surface area contributed by atoms with E-state index in [9.17, 15) is 13.2 Å². The summed E-state index contributed by atoms with van der Waals surface area (Å²) < 4.78 is 27.8. The zero-order chi connectivity index (χ0) is 20.7. The van der Waals surface area contributed by atoms with Crippen LogP contribution < -0.4 is 14.9 Å². The lowest BCUT2D eigenvalue weighted by molar-refractivity contribution is -0.115. The number of nitrogens with one attached hydrogen (secondary N) is 2. The van der Waals surface area contributed by atoms with Gasteiger partial charge in [-0.2, -0.15) is 0 Å². The maximum Gasteiger partial charge on any atom is 0.240 e. The monoisotopic (exact) mass is 403 g/mol. The minimum atomic E-state index is -3.58. The molecule has 2 N–H and O–H groups in total. The van der Waals surface area contributed by atoms with E-state index in [2.05, 4.69) is 34.3 Å². The molecular formula is C21H29N3O3S. The van der Waals surface area contributed by atoms with Crippen molar-refractivity contribution >= 4 is 27.3 Å². The van der Waals surface area contributed by atoms with Crippen LogP contribution >= 0.6 is 0 Å². The van der Waals surface area contributed by atoms with Gasteiger partial charge in [-0.25, -0.2) is 13.1 Å². The first-order valence-electron chi connectivity index (χ1n) is 9.39. The number of carbonyl (C=O) groups excluding carboxylic acids is 1. The lowest BCUT2D eigenvalue weighted by Crippen LogP contribution is -2.26. The van der Waals surface area contributed by atoms with E-state index in [1.54, 1.807) is 26.0 Å². The van der Waals surface area contributed by atoms with Crippen LogP contribution in [0.2, 0.25) is 0 Å². The quantitative estimate of drug-likeness (QED) is 0.630. The van der Waals surface area contributed by atoms with E-state index in [0.29, 0.717) is 30.6 Å². The van der Waals surface area contributed by atoms with Crippen LogP contribution in [0, 0.1) is 6.92 Å². The molecule has 0 aliphatic rings. The van der Waals surface area contributed by atoms with Gasteiger partial charge in [-0.05, 0) is 61.2 Å². The third-order valence-corrected chi connectivity index (χ3v) is 6.08. The molecule has 152 valence electrons. The summed E-state index contributed by atoms with van der Waals surface area (Å²) in [5.74, 6) is -0.105. The van der Waals surface area contributed by atoms with E-state index in [4.69, 9.17) is 0 Å². The number of carbonyl (C=O) groups is 1. The summed E-state index contributed by atoms with van der Waals surface area (Å²) in [5, 5.41) is 2.74. The molecule has 6 nitrogen and oxygen atoms in total. The highest BCUT2D eigenvalue weighted by Crippen LogP contribution is 2.20. The van der Waals surface area contributed by atoms with Crippen LogP contribution in [-0.2, 0) is 21.2 Å². The predicted octanol–water partition coefficient (Wildman–Crippen LogP) is 3.32. The second-order valence-corrected chi connectivity index (χ2v) is 8.68. The Balaban J connectivity index is 1.91. The fourth-order valence-corrected chi connectivity index (χ4v) is 4.11. The normalized spacial score (nSPS) is 11.3. The molecule has 0 aromatic heterocycles. The second-order valence-electron chi connectivity index (χ2n) is 6.94. The zero-order valence-electron chi connectivity index (χ0n) is 17.0. The van der Waals surface area contributed by atoms with Gasteiger partial charge in [-0.15, -0.1) is 0 Å². The van der Waals surface area contributed by atoms with Crippen molar-refractivity contribution in [3.8, 4) is 0 Å². The van der Waals surface area contributed by atoms with E-state index in [-0.39, 0.29) is 10.8 Å². The minimum absolute atomic E-state index is 0.105. The van der Waals surface area contributed by atoms with Crippen LogP contribution in [0.3, 0.4) is 0 Å². The SMILES string of the molecule is CCC(=O)Nc1ccc(S(=O)(=O)NCCCc2ccc(N(C)C)cc2)c(C)c1. The number of aryl methyl sites for hydroxylation is 2. The van der Waals surface area contributed by atoms with Crippen molar-refractivity contribution in [2.24, 2.45) is 0 Å². The average Bonchev–Trinajstić information content (AvgIpc) is 2.65. The third-order valence-electron chi connectivity index (χ3n) is 4.46. The van der Waals surface area contributed by atoms with E-state index < -0.39 is 10.0 Å². The molecule has 28 heavy (non-hydrogen) atoms. The predicted molar refractivity (Wildman–Crippen MR) is 114 cm³/mol. The molecule has 0 atom stereocenters. The molecule has 0 heterocycles. The van der Waals surface area contributed by atoms with Crippen molar-refractivity contribution in [3.63, 3.8) is 0 Å². The molecule has 2 aromatic rings. The molecule has 1 amide bonds. The number of rotatable bonds is 9. The highest BCUT2D eigenvalue weighted by atomic mass is 32.2. The van der Waals surface area contributed by atoms with Crippen LogP contribution in [0.15, 0.2) is 47.4 Å². The van der Waals surface area contributed by atoms with Crippen molar-refractivity contribution in [3.05, 3.63) is 53.6 Å². The number of hydrogen-bond donors (Lipinski definition) is 2. The van der Waals surface area contributed by atoms with Gasteiger partial charge < -0.3 is 10.2 Å². The molecule has 0 spiro atoms. The maximum atomic E-state index is 12.6. The summed E-state index contributed by atoms with van der Waals surface area (Å²) in [5.41, 5.74) is 3.51. The lowest BCUT2D eigenvalue weighted by Gasteiger charge is -2.13. The molecule has 7 heteroatoms. The molecule has 0 unspecified atom stereocenters. The molecule has 0 saturated heterocycles. The highest BCUT2D eigenvalue weighted by molar-refractivity contribution is 7.89. The number of nitrogens with zero attached hydrogens (tertiary/aromatic N) is 1. The molecule has 0 radical (unpaired) electrons. The van der Waals surface area contributed by atoms with Crippen LogP contribution in [-0.4, -0.2) is 35.0 Å². The van der Waals surface area contributed by atoms with Gasteiger partial charge in [0.25, 0.3) is 0 Å². The number of amides is 1. The topological polar surface area (TPSA) is 78.5 Å². The summed E-state index contributed by atoms with van der Waals surface area (Å²) in [6.45, 7) is 3.86. The first-order chi connectivity index (χ1) is 13.2. The molecule has 0 fully saturated rings. The molecule has 0 bridgehead atoms. The third kappa shape index (κ3) is 6.07. The van der Waals surface area contributed by atoms with Crippen LogP contribution in [0.4, 0.5) is 11.4 Å². The van der Waals surface area contributed by atoms with E-state index >= 15 is 0 Å². The van der Waals surface area contributed by atoms with Gasteiger partial charge in [0.2, 0.25) is 15.9 Å². The lowest BCUT2D eigenvalue weighted by atomic mass is 10.1. The second kappa shape index (κ2) is 9.71. The summed E-state index contributed by atoms with van der Waals surface area (Å²) in [4.78, 5) is 13.7. The average molecular weight is 404 g/mol. The number of sulfonamides is 1. The summed E-state index contributed by atoms with van der Waals surface area (Å²) in [7, 11) is 0.409. The Morgan fingerprint density at radius 2 is 1.75 bits per heavy atom. The van der Waals surface area contributed by atoms with Gasteiger partial charge in [0, 0.05) is 38.4 Å². The molecule has 0 aliphatic heterocycles. The Labute approximate surface area is 168 Å². The van der Waals surface area contributed by atoms with Crippen LogP contribution in [0.25, 0.3) is 0 Å². The van der Waals surface area contributed by atoms with Crippen molar-refractivity contribution < 1.29 is 13.2 Å². The number of benzene rings is 2. The standard InChI is InChI=1S/C21H29N3O3S/c1-5-21(25)23-18-10-13-20(16(2)15-18)28(26,27)22-14-6-7-17-8-11-19(12-9-17)24(3)4/h8-13,15,22H,5-7,14H2,1-4H3,(H,23,25). The molecular weight excluding hydrogens is 374 g/mol. The van der Waals surface area contributed by atoms with Gasteiger partial charge in [0.1, 0.15) is 0 Å². The molecule has 0 aliphatic carbocycles. The van der Waals surface area contributed by atoms with E-state index in [0.717, 1.165) is 12.1 Å². The van der Waals surface area contributed by atoms with Gasteiger partial charge in [-0.1, -0.05) is 19.1 Å². The molecule has 2 aromatic carbocycles. The van der Waals surface area contributed by atoms with Crippen molar-refractivity contribution in [2.75, 3.05) is 30.9 Å². The Kier molecular flexibility index (Phi) is 7.60. The number of anilines is 2. The zero-order valence-corrected chi connectivity index (χ0v) is 17.8. The fraction of sp³-hybridized carbons (Fsp3) is 0.381. The van der Waals surface area contributed by atoms with Gasteiger partial charge in [0.05, 0.1) is 4.90 Å². The van der Waals surface area contributed by atoms with Crippen molar-refractivity contribution in [1.29, 1.82) is 0 Å². The van der Waals surface area contributed by atoms with Crippen LogP contribution in [0.1, 0.15) is 30.9 Å². The summed E-state index contributed by atoms with van der Waals surface area (Å²) in [6, 6.07) is 13.1. The van der Waals surface area contributed by atoms with Gasteiger partial charge in [-0.3, -0.25) is 4.79 Å². The number of hydrogen-bond acceptors (Lipinski definition) is 4. The summed E-state index contributed by atoms with van der Waals surface area (Å²) >= 11 is 0. The van der Waals surface area contributed by atoms with Gasteiger partial charge in [0.15, 0.2) is 0 Å². The Hall–Kier alpha value is -2.38. The highest BCUT2D eigenvalue weighted by Gasteiger charge is 2.16. The van der Waals surface area contributed by atoms with Crippen molar-refractivity contribution in [2.45, 2.75) is 38.0 Å². The minimum Gasteiger partial charge on any atom is -0.378 e. The largest absolute Gasteiger partial charge is 0.378 e. The Morgan fingerprint density at radius 1 is 1.07 bits per heavy atom. The van der Waals surface area contributed by atoms with E-state index in [1.807, 2.05) is 19.0 Å². The molecule has 2 rings (SSSR count). The van der Waals surface area contributed by atoms with Crippen molar-refractivity contribution in [1.82, 2.24) is 4.72 Å². The Bertz CT molecular complexity index is 907. The summed E-state index contributed by atoms with van der Waals surface area (Å²) in [6.07, 6.45) is 1.89. The fourth-order valence-electron chi connectivity index (χ4n) is 2.82. The Morgan fingerprint density at radius 3 is 2.32 bits per heavy atom. The van der Waals surface area contributed by atoms with E-state index in [1.165, 1.54) is 11.6 Å². The van der Waals surface area contributed by atoms with Gasteiger partial charge >= 0.3 is 0 Å². The first-order valence-corrected chi connectivity index (χ1v) is 10.9. The van der Waals surface area contributed by atoms with Crippen LogP contribution in [0.5, 0.6) is 0 Å².